The minimum atomic E-state index is -0.739. The summed E-state index contributed by atoms with van der Waals surface area (Å²) in [6, 6.07) is 17.3. The number of carbonyl (C=O) groups excluding carboxylic acids is 1. The van der Waals surface area contributed by atoms with Crippen LogP contribution in [0.5, 0.6) is 5.75 Å². The van der Waals surface area contributed by atoms with Gasteiger partial charge in [0, 0.05) is 11.5 Å². The predicted molar refractivity (Wildman–Crippen MR) is 82.2 cm³/mol. The number of rotatable bonds is 3. The predicted octanol–water partition coefficient (Wildman–Crippen LogP) is 2.92. The van der Waals surface area contributed by atoms with Gasteiger partial charge in [-0.1, -0.05) is 30.3 Å². The third-order valence-corrected chi connectivity index (χ3v) is 4.29. The summed E-state index contributed by atoms with van der Waals surface area (Å²) in [6.07, 6.45) is 0.690. The molecular weight excluding hydrogens is 278 g/mol. The smallest absolute Gasteiger partial charge is 0.341 e. The van der Waals surface area contributed by atoms with Crippen molar-refractivity contribution in [3.8, 4) is 5.75 Å². The minimum Gasteiger partial charge on any atom is -0.497 e. The van der Waals surface area contributed by atoms with E-state index in [1.807, 2.05) is 54.6 Å². The van der Waals surface area contributed by atoms with Crippen molar-refractivity contribution in [3.63, 3.8) is 0 Å². The number of ether oxygens (including phenoxy) is 2. The number of hydrogen-bond acceptors (Lipinski definition) is 4. The van der Waals surface area contributed by atoms with E-state index in [4.69, 9.17) is 9.47 Å². The van der Waals surface area contributed by atoms with Gasteiger partial charge >= 0.3 is 5.97 Å². The van der Waals surface area contributed by atoms with E-state index < -0.39 is 5.54 Å². The SMILES string of the molecule is COc1cccc([C@H]2C[C@]23N=C(c2ccccc2)OC3=O)c1. The molecule has 0 saturated heterocycles. The standard InChI is InChI=1S/C18H15NO3/c1-21-14-9-5-8-13(10-14)15-11-18(15)17(20)22-16(19-18)12-6-3-2-4-7-12/h2-10,15H,11H2,1H3/t15-,18+/m1/s1. The Morgan fingerprint density at radius 3 is 2.77 bits per heavy atom. The summed E-state index contributed by atoms with van der Waals surface area (Å²) >= 11 is 0. The summed E-state index contributed by atoms with van der Waals surface area (Å²) < 4.78 is 10.7. The summed E-state index contributed by atoms with van der Waals surface area (Å²) in [5.74, 6) is 1.03. The van der Waals surface area contributed by atoms with Crippen LogP contribution in [-0.2, 0) is 9.53 Å². The van der Waals surface area contributed by atoms with Crippen LogP contribution >= 0.6 is 0 Å². The zero-order chi connectivity index (χ0) is 15.2. The third kappa shape index (κ3) is 1.91. The zero-order valence-corrected chi connectivity index (χ0v) is 12.2. The highest BCUT2D eigenvalue weighted by molar-refractivity contribution is 6.10. The largest absolute Gasteiger partial charge is 0.497 e. The summed E-state index contributed by atoms with van der Waals surface area (Å²) in [5, 5.41) is 0. The normalized spacial score (nSPS) is 25.8. The average molecular weight is 293 g/mol. The first-order valence-corrected chi connectivity index (χ1v) is 7.24. The number of methoxy groups -OCH3 is 1. The van der Waals surface area contributed by atoms with Crippen molar-refractivity contribution < 1.29 is 14.3 Å². The summed E-state index contributed by atoms with van der Waals surface area (Å²) in [5.41, 5.74) is 1.16. The molecule has 4 heteroatoms. The van der Waals surface area contributed by atoms with Gasteiger partial charge in [-0.3, -0.25) is 0 Å². The summed E-state index contributed by atoms with van der Waals surface area (Å²) in [4.78, 5) is 16.9. The molecule has 2 atom stereocenters. The molecule has 4 nitrogen and oxygen atoms in total. The Balaban J connectivity index is 1.66. The number of hydrogen-bond donors (Lipinski definition) is 0. The van der Waals surface area contributed by atoms with Gasteiger partial charge in [0.15, 0.2) is 5.54 Å². The molecule has 4 rings (SSSR count). The number of cyclic esters (lactones) is 1. The van der Waals surface area contributed by atoms with E-state index in [1.165, 1.54) is 0 Å². The fourth-order valence-corrected chi connectivity index (χ4v) is 2.98. The molecule has 2 aromatic carbocycles. The maximum absolute atomic E-state index is 12.3. The fraction of sp³-hybridized carbons (Fsp3) is 0.222. The van der Waals surface area contributed by atoms with Gasteiger partial charge in [0.1, 0.15) is 5.75 Å². The van der Waals surface area contributed by atoms with E-state index in [1.54, 1.807) is 7.11 Å². The monoisotopic (exact) mass is 293 g/mol. The van der Waals surface area contributed by atoms with Crippen molar-refractivity contribution in [2.45, 2.75) is 17.9 Å². The molecule has 1 spiro atoms. The highest BCUT2D eigenvalue weighted by atomic mass is 16.6. The molecule has 0 radical (unpaired) electrons. The van der Waals surface area contributed by atoms with Crippen LogP contribution in [0.4, 0.5) is 0 Å². The highest BCUT2D eigenvalue weighted by Crippen LogP contribution is 2.57. The Kier molecular flexibility index (Phi) is 2.79. The Morgan fingerprint density at radius 1 is 1.18 bits per heavy atom. The van der Waals surface area contributed by atoms with Gasteiger partial charge in [0.2, 0.25) is 5.90 Å². The van der Waals surface area contributed by atoms with Gasteiger partial charge in [0.25, 0.3) is 0 Å². The molecule has 1 fully saturated rings. The van der Waals surface area contributed by atoms with Crippen molar-refractivity contribution in [2.75, 3.05) is 7.11 Å². The number of nitrogens with zero attached hydrogens (tertiary/aromatic N) is 1. The molecule has 110 valence electrons. The molecule has 0 aromatic heterocycles. The van der Waals surface area contributed by atoms with Gasteiger partial charge in [-0.05, 0) is 36.2 Å². The van der Waals surface area contributed by atoms with Crippen molar-refractivity contribution in [1.82, 2.24) is 0 Å². The first kappa shape index (κ1) is 13.1. The lowest BCUT2D eigenvalue weighted by molar-refractivity contribution is -0.136. The summed E-state index contributed by atoms with van der Waals surface area (Å²) in [7, 11) is 1.64. The molecule has 2 aromatic rings. The molecule has 0 amide bonds. The van der Waals surface area contributed by atoms with Gasteiger partial charge in [-0.25, -0.2) is 9.79 Å². The van der Waals surface area contributed by atoms with Crippen molar-refractivity contribution in [3.05, 3.63) is 65.7 Å². The number of aliphatic imine (C=N–C) groups is 1. The Bertz CT molecular complexity index is 769. The quantitative estimate of drug-likeness (QED) is 0.817. The topological polar surface area (TPSA) is 47.9 Å². The lowest BCUT2D eigenvalue weighted by Gasteiger charge is -2.05. The van der Waals surface area contributed by atoms with Crippen LogP contribution in [0.3, 0.4) is 0 Å². The van der Waals surface area contributed by atoms with E-state index in [0.717, 1.165) is 16.9 Å². The van der Waals surface area contributed by atoms with Crippen LogP contribution in [0, 0.1) is 0 Å². The molecule has 1 saturated carbocycles. The second-order valence-electron chi connectivity index (χ2n) is 5.63. The molecule has 22 heavy (non-hydrogen) atoms. The van der Waals surface area contributed by atoms with Crippen LogP contribution in [0.2, 0.25) is 0 Å². The first-order valence-electron chi connectivity index (χ1n) is 7.24. The van der Waals surface area contributed by atoms with E-state index in [9.17, 15) is 4.79 Å². The second kappa shape index (κ2) is 4.70. The maximum Gasteiger partial charge on any atom is 0.341 e. The molecule has 0 bridgehead atoms. The van der Waals surface area contributed by atoms with E-state index in [-0.39, 0.29) is 11.9 Å². The number of benzene rings is 2. The zero-order valence-electron chi connectivity index (χ0n) is 12.2. The summed E-state index contributed by atoms with van der Waals surface area (Å²) in [6.45, 7) is 0. The van der Waals surface area contributed by atoms with Gasteiger partial charge in [-0.15, -0.1) is 0 Å². The fourth-order valence-electron chi connectivity index (χ4n) is 2.98. The van der Waals surface area contributed by atoms with Crippen molar-refractivity contribution in [2.24, 2.45) is 4.99 Å². The van der Waals surface area contributed by atoms with Gasteiger partial charge in [0.05, 0.1) is 7.11 Å². The van der Waals surface area contributed by atoms with Crippen LogP contribution in [0.25, 0.3) is 0 Å². The van der Waals surface area contributed by atoms with Crippen LogP contribution in [0.1, 0.15) is 23.5 Å². The first-order chi connectivity index (χ1) is 10.7. The molecule has 1 aliphatic heterocycles. The average Bonchev–Trinajstić information content (AvgIpc) is 3.21. The Hall–Kier alpha value is -2.62. The third-order valence-electron chi connectivity index (χ3n) is 4.29. The minimum absolute atomic E-state index is 0.0660. The van der Waals surface area contributed by atoms with E-state index in [0.29, 0.717) is 12.3 Å². The molecule has 0 N–H and O–H groups in total. The second-order valence-corrected chi connectivity index (χ2v) is 5.63. The van der Waals surface area contributed by atoms with E-state index in [2.05, 4.69) is 4.99 Å². The molecule has 1 heterocycles. The van der Waals surface area contributed by atoms with Gasteiger partial charge in [-0.2, -0.15) is 0 Å². The Labute approximate surface area is 128 Å². The van der Waals surface area contributed by atoms with Crippen LogP contribution in [0.15, 0.2) is 59.6 Å². The van der Waals surface area contributed by atoms with Crippen molar-refractivity contribution >= 4 is 11.9 Å². The Morgan fingerprint density at radius 2 is 2.00 bits per heavy atom. The molecule has 2 aliphatic rings. The lowest BCUT2D eigenvalue weighted by Crippen LogP contribution is -2.18. The molecular formula is C18H15NO3. The maximum atomic E-state index is 12.3. The van der Waals surface area contributed by atoms with Gasteiger partial charge < -0.3 is 9.47 Å². The number of esters is 1. The lowest BCUT2D eigenvalue weighted by atomic mass is 10.1. The highest BCUT2D eigenvalue weighted by Gasteiger charge is 2.65. The molecule has 0 unspecified atom stereocenters. The van der Waals surface area contributed by atoms with Crippen LogP contribution in [-0.4, -0.2) is 24.5 Å². The van der Waals surface area contributed by atoms with Crippen molar-refractivity contribution in [1.29, 1.82) is 0 Å². The molecule has 1 aliphatic carbocycles. The number of carbonyl (C=O) groups is 1. The van der Waals surface area contributed by atoms with Crippen LogP contribution < -0.4 is 4.74 Å². The van der Waals surface area contributed by atoms with E-state index >= 15 is 0 Å².